The molecule has 2 N–H and O–H groups in total. The number of alkyl halides is 3. The van der Waals surface area contributed by atoms with Crippen LogP contribution < -0.4 is 5.73 Å². The topological polar surface area (TPSA) is 83.7 Å². The fraction of sp³-hybridized carbons (Fsp3) is 0.720. The predicted octanol–water partition coefficient (Wildman–Crippen LogP) is 4.35. The number of nitrogens with zero attached hydrogens (tertiary/aromatic N) is 2. The van der Waals surface area contributed by atoms with Gasteiger partial charge in [-0.05, 0) is 66.7 Å². The number of amides is 1. The van der Waals surface area contributed by atoms with E-state index in [4.69, 9.17) is 5.73 Å². The first kappa shape index (κ1) is 27.9. The predicted molar refractivity (Wildman–Crippen MR) is 129 cm³/mol. The number of sulfonamides is 1. The third-order valence-corrected chi connectivity index (χ3v) is 8.85. The van der Waals surface area contributed by atoms with Crippen LogP contribution in [0.5, 0.6) is 0 Å². The Labute approximate surface area is 207 Å². The van der Waals surface area contributed by atoms with Gasteiger partial charge in [0.05, 0.1) is 16.5 Å². The van der Waals surface area contributed by atoms with E-state index in [0.29, 0.717) is 19.5 Å². The second-order valence-electron chi connectivity index (χ2n) is 11.7. The highest BCUT2D eigenvalue weighted by molar-refractivity contribution is 7.89. The molecule has 4 atom stereocenters. The Hall–Kier alpha value is -1.65. The largest absolute Gasteiger partial charge is 0.416 e. The second-order valence-corrected chi connectivity index (χ2v) is 13.6. The van der Waals surface area contributed by atoms with Gasteiger partial charge in [0.25, 0.3) is 0 Å². The van der Waals surface area contributed by atoms with Crippen LogP contribution in [0, 0.1) is 23.2 Å². The summed E-state index contributed by atoms with van der Waals surface area (Å²) in [4.78, 5) is 15.1. The number of carbonyl (C=O) groups is 1. The van der Waals surface area contributed by atoms with Crippen molar-refractivity contribution in [2.75, 3.05) is 19.6 Å². The highest BCUT2D eigenvalue weighted by Crippen LogP contribution is 2.43. The molecule has 1 aromatic rings. The second kappa shape index (κ2) is 10.0. The van der Waals surface area contributed by atoms with Crippen LogP contribution in [0.2, 0.25) is 0 Å². The van der Waals surface area contributed by atoms with Crippen LogP contribution in [0.4, 0.5) is 13.2 Å². The van der Waals surface area contributed by atoms with Gasteiger partial charge in [0.15, 0.2) is 0 Å². The average Bonchev–Trinajstić information content (AvgIpc) is 3.31. The van der Waals surface area contributed by atoms with Gasteiger partial charge in [0.1, 0.15) is 0 Å². The van der Waals surface area contributed by atoms with Crippen molar-refractivity contribution in [1.29, 1.82) is 0 Å². The van der Waals surface area contributed by atoms with Gasteiger partial charge in [0, 0.05) is 25.7 Å². The van der Waals surface area contributed by atoms with E-state index in [2.05, 4.69) is 0 Å². The van der Waals surface area contributed by atoms with E-state index in [-0.39, 0.29) is 46.6 Å². The molecule has 0 aromatic heterocycles. The Morgan fingerprint density at radius 2 is 1.71 bits per heavy atom. The molecule has 35 heavy (non-hydrogen) atoms. The number of benzene rings is 1. The third kappa shape index (κ3) is 6.38. The molecule has 6 nitrogen and oxygen atoms in total. The minimum atomic E-state index is -4.53. The Morgan fingerprint density at radius 3 is 2.23 bits per heavy atom. The monoisotopic (exact) mass is 517 g/mol. The van der Waals surface area contributed by atoms with E-state index in [0.717, 1.165) is 37.1 Å². The summed E-state index contributed by atoms with van der Waals surface area (Å²) in [5.41, 5.74) is 5.34. The number of hydrogen-bond acceptors (Lipinski definition) is 4. The molecule has 0 radical (unpaired) electrons. The van der Waals surface area contributed by atoms with Crippen molar-refractivity contribution in [1.82, 2.24) is 9.21 Å². The number of carbonyl (C=O) groups excluding carboxylic acids is 1. The van der Waals surface area contributed by atoms with E-state index in [1.165, 1.54) is 4.31 Å². The zero-order valence-corrected chi connectivity index (χ0v) is 22.0. The summed E-state index contributed by atoms with van der Waals surface area (Å²) in [6.07, 6.45) is -2.38. The maximum atomic E-state index is 13.4. The molecule has 3 rings (SSSR count). The Balaban J connectivity index is 1.79. The Morgan fingerprint density at radius 1 is 1.11 bits per heavy atom. The fourth-order valence-electron chi connectivity index (χ4n) is 5.49. The molecule has 1 saturated heterocycles. The third-order valence-electron chi connectivity index (χ3n) is 7.00. The SMILES string of the molecule is CC(C)CN(C(=O)[C@@H](N)CC(C)(C)C)[C@H]1CC[C@@H]2CN(S(=O)(=O)c3ccc(C(F)(F)F)cc3)C[C@@H]21. The lowest BCUT2D eigenvalue weighted by Gasteiger charge is -2.37. The molecule has 2 aliphatic rings. The maximum absolute atomic E-state index is 13.4. The molecule has 1 aromatic carbocycles. The molecule has 0 bridgehead atoms. The lowest BCUT2D eigenvalue weighted by atomic mass is 9.87. The van der Waals surface area contributed by atoms with E-state index in [1.807, 2.05) is 39.5 Å². The summed E-state index contributed by atoms with van der Waals surface area (Å²) in [7, 11) is -3.94. The number of halogens is 3. The van der Waals surface area contributed by atoms with Crippen LogP contribution in [0.3, 0.4) is 0 Å². The zero-order valence-electron chi connectivity index (χ0n) is 21.2. The molecule has 0 unspecified atom stereocenters. The van der Waals surface area contributed by atoms with Crippen molar-refractivity contribution < 1.29 is 26.4 Å². The molecule has 198 valence electrons. The lowest BCUT2D eigenvalue weighted by molar-refractivity contribution is -0.138. The van der Waals surface area contributed by atoms with E-state index in [1.54, 1.807) is 0 Å². The normalized spacial score (nSPS) is 24.6. The smallest absolute Gasteiger partial charge is 0.338 e. The van der Waals surface area contributed by atoms with Crippen molar-refractivity contribution in [3.05, 3.63) is 29.8 Å². The van der Waals surface area contributed by atoms with Crippen molar-refractivity contribution in [3.8, 4) is 0 Å². The minimum absolute atomic E-state index is 0.0243. The molecule has 2 fully saturated rings. The molecular formula is C25H38F3N3O3S. The van der Waals surface area contributed by atoms with Crippen molar-refractivity contribution in [2.45, 2.75) is 77.0 Å². The average molecular weight is 518 g/mol. The van der Waals surface area contributed by atoms with Gasteiger partial charge in [-0.1, -0.05) is 34.6 Å². The van der Waals surface area contributed by atoms with Crippen molar-refractivity contribution >= 4 is 15.9 Å². The van der Waals surface area contributed by atoms with Crippen LogP contribution in [0.15, 0.2) is 29.2 Å². The maximum Gasteiger partial charge on any atom is 0.416 e. The molecule has 1 saturated carbocycles. The molecule has 1 heterocycles. The first-order valence-corrected chi connectivity index (χ1v) is 13.7. The van der Waals surface area contributed by atoms with Gasteiger partial charge in [-0.3, -0.25) is 4.79 Å². The summed E-state index contributed by atoms with van der Waals surface area (Å²) in [5.74, 6) is 0.214. The molecule has 0 spiro atoms. The molecule has 1 aliphatic heterocycles. The van der Waals surface area contributed by atoms with Crippen molar-refractivity contribution in [3.63, 3.8) is 0 Å². The summed E-state index contributed by atoms with van der Waals surface area (Å²) in [5, 5.41) is 0. The fourth-order valence-corrected chi connectivity index (χ4v) is 7.02. The van der Waals surface area contributed by atoms with E-state index in [9.17, 15) is 26.4 Å². The van der Waals surface area contributed by atoms with Crippen LogP contribution in [-0.2, 0) is 21.0 Å². The first-order valence-electron chi connectivity index (χ1n) is 12.2. The van der Waals surface area contributed by atoms with Crippen LogP contribution in [0.1, 0.15) is 59.4 Å². The highest BCUT2D eigenvalue weighted by atomic mass is 32.2. The van der Waals surface area contributed by atoms with Gasteiger partial charge in [-0.25, -0.2) is 8.42 Å². The summed E-state index contributed by atoms with van der Waals surface area (Å²) in [6, 6.07) is 2.90. The first-order chi connectivity index (χ1) is 16.0. The molecule has 1 aliphatic carbocycles. The zero-order chi connectivity index (χ0) is 26.3. The standard InChI is InChI=1S/C25H38F3N3O3S/c1-16(2)13-31(23(32)21(29)12-24(3,4)5)22-11-6-17-14-30(15-20(17)22)35(33,34)19-9-7-18(8-10-19)25(26,27)28/h7-10,16-17,20-22H,6,11-15,29H2,1-5H3/t17-,20+,21+,22+/m1/s1. The molecule has 1 amide bonds. The van der Waals surface area contributed by atoms with Crippen LogP contribution in [0.25, 0.3) is 0 Å². The minimum Gasteiger partial charge on any atom is -0.338 e. The Kier molecular flexibility index (Phi) is 7.99. The Bertz CT molecular complexity index is 1000. The lowest BCUT2D eigenvalue weighted by Crippen LogP contribution is -2.52. The number of hydrogen-bond donors (Lipinski definition) is 1. The van der Waals surface area contributed by atoms with E-state index >= 15 is 0 Å². The number of nitrogens with two attached hydrogens (primary N) is 1. The summed E-state index contributed by atoms with van der Waals surface area (Å²) in [6.45, 7) is 11.3. The molecular weight excluding hydrogens is 479 g/mol. The van der Waals surface area contributed by atoms with Gasteiger partial charge in [0.2, 0.25) is 15.9 Å². The highest BCUT2D eigenvalue weighted by Gasteiger charge is 2.49. The van der Waals surface area contributed by atoms with Crippen molar-refractivity contribution in [2.24, 2.45) is 28.9 Å². The summed E-state index contributed by atoms with van der Waals surface area (Å²) < 4.78 is 66.5. The van der Waals surface area contributed by atoms with Crippen LogP contribution >= 0.6 is 0 Å². The van der Waals surface area contributed by atoms with Gasteiger partial charge >= 0.3 is 6.18 Å². The number of rotatable bonds is 7. The van der Waals surface area contributed by atoms with Gasteiger partial charge < -0.3 is 10.6 Å². The molecule has 10 heteroatoms. The number of fused-ring (bicyclic) bond motifs is 1. The van der Waals surface area contributed by atoms with E-state index < -0.39 is 27.8 Å². The summed E-state index contributed by atoms with van der Waals surface area (Å²) >= 11 is 0. The van der Waals surface area contributed by atoms with Gasteiger partial charge in [-0.2, -0.15) is 17.5 Å². The van der Waals surface area contributed by atoms with Crippen LogP contribution in [-0.4, -0.2) is 55.2 Å². The quantitative estimate of drug-likeness (QED) is 0.583. The van der Waals surface area contributed by atoms with Gasteiger partial charge in [-0.15, -0.1) is 0 Å².